The van der Waals surface area contributed by atoms with Crippen molar-refractivity contribution in [3.63, 3.8) is 0 Å². The maximum absolute atomic E-state index is 13.3. The number of hydrogen-bond donors (Lipinski definition) is 1. The molecule has 0 amide bonds. The number of rotatable bonds is 3. The highest BCUT2D eigenvalue weighted by Crippen LogP contribution is 2.29. The van der Waals surface area contributed by atoms with Crippen LogP contribution in [-0.4, -0.2) is 5.11 Å². The number of aliphatic hydroxyl groups excluding tert-OH is 1. The molecule has 1 heterocycles. The molecule has 1 unspecified atom stereocenters. The Hall–Kier alpha value is -1.19. The Bertz CT molecular complexity index is 498. The maximum atomic E-state index is 13.3. The third-order valence-corrected chi connectivity index (χ3v) is 3.96. The summed E-state index contributed by atoms with van der Waals surface area (Å²) in [6, 6.07) is 8.59. The monoisotopic (exact) mass is 250 g/mol. The summed E-state index contributed by atoms with van der Waals surface area (Å²) in [5.74, 6) is -0.300. The molecule has 0 aliphatic carbocycles. The number of aliphatic hydroxyl groups is 1. The van der Waals surface area contributed by atoms with E-state index < -0.39 is 6.10 Å². The van der Waals surface area contributed by atoms with Crippen molar-refractivity contribution in [2.75, 3.05) is 0 Å². The molecule has 0 fully saturated rings. The number of benzene rings is 1. The van der Waals surface area contributed by atoms with Crippen LogP contribution in [0.5, 0.6) is 0 Å². The largest absolute Gasteiger partial charge is 0.383 e. The van der Waals surface area contributed by atoms with Gasteiger partial charge in [0, 0.05) is 9.75 Å². The fourth-order valence-corrected chi connectivity index (χ4v) is 2.79. The van der Waals surface area contributed by atoms with Crippen LogP contribution in [0.4, 0.5) is 4.39 Å². The summed E-state index contributed by atoms with van der Waals surface area (Å²) in [7, 11) is 0. The van der Waals surface area contributed by atoms with Gasteiger partial charge < -0.3 is 5.11 Å². The zero-order valence-electron chi connectivity index (χ0n) is 9.90. The predicted octanol–water partition coefficient (Wildman–Crippen LogP) is 3.84. The predicted molar refractivity (Wildman–Crippen MR) is 68.9 cm³/mol. The SMILES string of the molecule is CCc1ccc(C(O)c2cc(C)cc(F)c2)s1. The molecular formula is C14H15FOS. The Morgan fingerprint density at radius 2 is 2.06 bits per heavy atom. The van der Waals surface area contributed by atoms with E-state index in [1.807, 2.05) is 25.1 Å². The summed E-state index contributed by atoms with van der Waals surface area (Å²) >= 11 is 1.58. The first-order valence-electron chi connectivity index (χ1n) is 5.64. The third-order valence-electron chi connectivity index (χ3n) is 2.68. The second-order valence-electron chi connectivity index (χ2n) is 4.12. The van der Waals surface area contributed by atoms with E-state index in [1.54, 1.807) is 11.3 Å². The van der Waals surface area contributed by atoms with Gasteiger partial charge in [-0.1, -0.05) is 13.0 Å². The molecule has 0 spiro atoms. The van der Waals surface area contributed by atoms with Gasteiger partial charge in [-0.3, -0.25) is 0 Å². The molecule has 1 nitrogen and oxygen atoms in total. The van der Waals surface area contributed by atoms with Crippen molar-refractivity contribution in [2.45, 2.75) is 26.4 Å². The van der Waals surface area contributed by atoms with Crippen molar-refractivity contribution < 1.29 is 9.50 Å². The molecule has 90 valence electrons. The summed E-state index contributed by atoms with van der Waals surface area (Å²) < 4.78 is 13.3. The van der Waals surface area contributed by atoms with Gasteiger partial charge in [0.2, 0.25) is 0 Å². The minimum absolute atomic E-state index is 0.300. The molecule has 2 rings (SSSR count). The number of halogens is 1. The molecule has 0 bridgehead atoms. The van der Waals surface area contributed by atoms with Gasteiger partial charge in [0.15, 0.2) is 0 Å². The van der Waals surface area contributed by atoms with Crippen LogP contribution in [0.3, 0.4) is 0 Å². The van der Waals surface area contributed by atoms with Crippen molar-refractivity contribution in [3.8, 4) is 0 Å². The Labute approximate surface area is 105 Å². The second-order valence-corrected chi connectivity index (χ2v) is 5.32. The van der Waals surface area contributed by atoms with Crippen LogP contribution in [0.1, 0.15) is 33.9 Å². The van der Waals surface area contributed by atoms with Gasteiger partial charge in [-0.15, -0.1) is 11.3 Å². The van der Waals surface area contributed by atoms with E-state index in [0.29, 0.717) is 5.56 Å². The first kappa shape index (κ1) is 12.3. The molecule has 2 aromatic rings. The smallest absolute Gasteiger partial charge is 0.123 e. The van der Waals surface area contributed by atoms with Crippen LogP contribution in [-0.2, 0) is 6.42 Å². The van der Waals surface area contributed by atoms with Crippen molar-refractivity contribution in [2.24, 2.45) is 0 Å². The lowest BCUT2D eigenvalue weighted by Gasteiger charge is -2.10. The zero-order valence-corrected chi connectivity index (χ0v) is 10.7. The molecule has 0 aliphatic rings. The van der Waals surface area contributed by atoms with Crippen molar-refractivity contribution >= 4 is 11.3 Å². The molecule has 0 aliphatic heterocycles. The quantitative estimate of drug-likeness (QED) is 0.877. The molecule has 1 aromatic heterocycles. The maximum Gasteiger partial charge on any atom is 0.123 e. The minimum atomic E-state index is -0.727. The molecule has 0 radical (unpaired) electrons. The summed E-state index contributed by atoms with van der Waals surface area (Å²) in [6.45, 7) is 3.90. The highest BCUT2D eigenvalue weighted by Gasteiger charge is 2.14. The highest BCUT2D eigenvalue weighted by molar-refractivity contribution is 7.12. The Morgan fingerprint density at radius 3 is 2.65 bits per heavy atom. The lowest BCUT2D eigenvalue weighted by molar-refractivity contribution is 0.223. The Kier molecular flexibility index (Phi) is 3.60. The number of thiophene rings is 1. The zero-order chi connectivity index (χ0) is 12.4. The van der Waals surface area contributed by atoms with Gasteiger partial charge >= 0.3 is 0 Å². The Morgan fingerprint density at radius 1 is 1.29 bits per heavy atom. The van der Waals surface area contributed by atoms with Crippen LogP contribution in [0.25, 0.3) is 0 Å². The van der Waals surface area contributed by atoms with Crippen LogP contribution in [0, 0.1) is 12.7 Å². The van der Waals surface area contributed by atoms with Crippen LogP contribution in [0.15, 0.2) is 30.3 Å². The minimum Gasteiger partial charge on any atom is -0.383 e. The first-order chi connectivity index (χ1) is 8.10. The first-order valence-corrected chi connectivity index (χ1v) is 6.45. The summed E-state index contributed by atoms with van der Waals surface area (Å²) in [5, 5.41) is 10.2. The summed E-state index contributed by atoms with van der Waals surface area (Å²) in [5.41, 5.74) is 1.44. The molecule has 17 heavy (non-hydrogen) atoms. The highest BCUT2D eigenvalue weighted by atomic mass is 32.1. The van der Waals surface area contributed by atoms with Gasteiger partial charge in [-0.25, -0.2) is 4.39 Å². The van der Waals surface area contributed by atoms with E-state index in [9.17, 15) is 9.50 Å². The average molecular weight is 250 g/mol. The lowest BCUT2D eigenvalue weighted by atomic mass is 10.1. The van der Waals surface area contributed by atoms with Crippen LogP contribution >= 0.6 is 11.3 Å². The lowest BCUT2D eigenvalue weighted by Crippen LogP contribution is -1.98. The molecule has 1 aromatic carbocycles. The van der Waals surface area contributed by atoms with Gasteiger partial charge in [0.05, 0.1) is 0 Å². The summed E-state index contributed by atoms with van der Waals surface area (Å²) in [6.07, 6.45) is 0.231. The van der Waals surface area contributed by atoms with E-state index in [-0.39, 0.29) is 5.82 Å². The molecule has 1 N–H and O–H groups in total. The average Bonchev–Trinajstić information content (AvgIpc) is 2.75. The van der Waals surface area contributed by atoms with E-state index in [1.165, 1.54) is 17.0 Å². The molecule has 0 saturated heterocycles. The molecule has 3 heteroatoms. The Balaban J connectivity index is 2.32. The van der Waals surface area contributed by atoms with E-state index in [0.717, 1.165) is 16.9 Å². The van der Waals surface area contributed by atoms with Gasteiger partial charge in [-0.2, -0.15) is 0 Å². The van der Waals surface area contributed by atoms with E-state index in [4.69, 9.17) is 0 Å². The van der Waals surface area contributed by atoms with Gasteiger partial charge in [0.1, 0.15) is 11.9 Å². The van der Waals surface area contributed by atoms with E-state index in [2.05, 4.69) is 6.92 Å². The number of aryl methyl sites for hydroxylation is 2. The van der Waals surface area contributed by atoms with Crippen LogP contribution in [0.2, 0.25) is 0 Å². The fraction of sp³-hybridized carbons (Fsp3) is 0.286. The normalized spacial score (nSPS) is 12.7. The van der Waals surface area contributed by atoms with Crippen molar-refractivity contribution in [1.29, 1.82) is 0 Å². The van der Waals surface area contributed by atoms with E-state index >= 15 is 0 Å². The summed E-state index contributed by atoms with van der Waals surface area (Å²) in [4.78, 5) is 2.10. The topological polar surface area (TPSA) is 20.2 Å². The van der Waals surface area contributed by atoms with Crippen molar-refractivity contribution in [1.82, 2.24) is 0 Å². The number of hydrogen-bond acceptors (Lipinski definition) is 2. The van der Waals surface area contributed by atoms with Gasteiger partial charge in [-0.05, 0) is 48.7 Å². The molecule has 1 atom stereocenters. The molecule has 0 saturated carbocycles. The fourth-order valence-electron chi connectivity index (χ4n) is 1.82. The van der Waals surface area contributed by atoms with Gasteiger partial charge in [0.25, 0.3) is 0 Å². The van der Waals surface area contributed by atoms with Crippen molar-refractivity contribution in [3.05, 3.63) is 57.0 Å². The third kappa shape index (κ3) is 2.73. The standard InChI is InChI=1S/C14H15FOS/c1-3-12-4-5-13(17-12)14(16)10-6-9(2)7-11(15)8-10/h4-8,14,16H,3H2,1-2H3. The second kappa shape index (κ2) is 4.98. The van der Waals surface area contributed by atoms with Crippen LogP contribution < -0.4 is 0 Å². The molecular weight excluding hydrogens is 235 g/mol.